The topological polar surface area (TPSA) is 105 Å². The Morgan fingerprint density at radius 3 is 2.40 bits per heavy atom. The molecule has 2 aromatic carbocycles. The van der Waals surface area contributed by atoms with Gasteiger partial charge in [0, 0.05) is 42.7 Å². The van der Waals surface area contributed by atoms with E-state index in [9.17, 15) is 14.4 Å². The summed E-state index contributed by atoms with van der Waals surface area (Å²) in [6.45, 7) is 6.04. The van der Waals surface area contributed by atoms with E-state index in [1.807, 2.05) is 13.0 Å². The minimum atomic E-state index is -1.03. The van der Waals surface area contributed by atoms with Gasteiger partial charge in [-0.1, -0.05) is 19.9 Å². The summed E-state index contributed by atoms with van der Waals surface area (Å²) in [5.41, 5.74) is 0.322. The number of methoxy groups -OCH3 is 1. The van der Waals surface area contributed by atoms with Gasteiger partial charge in [-0.3, -0.25) is 14.4 Å². The number of amides is 2. The first-order valence-electron chi connectivity index (χ1n) is 13.5. The predicted molar refractivity (Wildman–Crippen MR) is 144 cm³/mol. The van der Waals surface area contributed by atoms with Gasteiger partial charge in [0.05, 0.1) is 13.2 Å². The lowest BCUT2D eigenvalue weighted by atomic mass is 9.72. The molecule has 1 saturated carbocycles. The fourth-order valence-corrected chi connectivity index (χ4v) is 5.90. The van der Waals surface area contributed by atoms with Crippen LogP contribution in [0.15, 0.2) is 30.3 Å². The van der Waals surface area contributed by atoms with Gasteiger partial charge < -0.3 is 24.8 Å². The highest BCUT2D eigenvalue weighted by Crippen LogP contribution is 2.41. The largest absolute Gasteiger partial charge is 0.494 e. The fourth-order valence-electron chi connectivity index (χ4n) is 5.90. The molecule has 1 aliphatic heterocycles. The van der Waals surface area contributed by atoms with Crippen LogP contribution in [-0.2, 0) is 31.0 Å². The van der Waals surface area contributed by atoms with Gasteiger partial charge in [-0.15, -0.1) is 0 Å². The fraction of sp³-hybridized carbons (Fsp3) is 0.500. The van der Waals surface area contributed by atoms with Gasteiger partial charge in [-0.25, -0.2) is 8.78 Å². The number of carbonyl (C=O) groups is 3. The van der Waals surface area contributed by atoms with E-state index in [2.05, 4.69) is 5.32 Å². The molecule has 2 aromatic rings. The van der Waals surface area contributed by atoms with Crippen LogP contribution in [-0.4, -0.2) is 54.7 Å². The molecule has 40 heavy (non-hydrogen) atoms. The van der Waals surface area contributed by atoms with Crippen LogP contribution in [0.3, 0.4) is 0 Å². The van der Waals surface area contributed by atoms with Crippen molar-refractivity contribution in [2.24, 2.45) is 11.8 Å². The van der Waals surface area contributed by atoms with Gasteiger partial charge >= 0.3 is 5.97 Å². The van der Waals surface area contributed by atoms with Crippen molar-refractivity contribution in [2.75, 3.05) is 32.2 Å². The number of carbonyl (C=O) groups excluding carboxylic acids is 2. The first-order valence-corrected chi connectivity index (χ1v) is 13.5. The van der Waals surface area contributed by atoms with Crippen molar-refractivity contribution in [3.8, 4) is 5.75 Å². The summed E-state index contributed by atoms with van der Waals surface area (Å²) in [5.74, 6) is -3.14. The maximum atomic E-state index is 15.1. The number of nitrogens with one attached hydrogen (secondary N) is 1. The normalized spacial score (nSPS) is 20.4. The second-order valence-corrected chi connectivity index (χ2v) is 11.2. The van der Waals surface area contributed by atoms with Crippen LogP contribution in [0.1, 0.15) is 62.8 Å². The molecular weight excluding hydrogens is 522 g/mol. The quantitative estimate of drug-likeness (QED) is 0.432. The summed E-state index contributed by atoms with van der Waals surface area (Å²) in [7, 11) is 1.45. The molecule has 2 amide bonds. The van der Waals surface area contributed by atoms with Crippen molar-refractivity contribution in [1.82, 2.24) is 4.90 Å². The third kappa shape index (κ3) is 6.11. The zero-order valence-corrected chi connectivity index (χ0v) is 23.3. The van der Waals surface area contributed by atoms with Crippen molar-refractivity contribution < 1.29 is 37.7 Å². The average Bonchev–Trinajstić information content (AvgIpc) is 2.84. The van der Waals surface area contributed by atoms with E-state index in [0.29, 0.717) is 37.2 Å². The minimum absolute atomic E-state index is 0.00500. The maximum absolute atomic E-state index is 15.1. The van der Waals surface area contributed by atoms with Crippen LogP contribution in [0, 0.1) is 23.5 Å². The third-order valence-electron chi connectivity index (χ3n) is 7.73. The molecule has 2 aliphatic rings. The minimum Gasteiger partial charge on any atom is -0.494 e. The van der Waals surface area contributed by atoms with E-state index >= 15 is 8.78 Å². The second-order valence-electron chi connectivity index (χ2n) is 11.2. The Labute approximate surface area is 232 Å². The summed E-state index contributed by atoms with van der Waals surface area (Å²) in [6.07, 6.45) is 1.40. The maximum Gasteiger partial charge on any atom is 0.303 e. The number of carboxylic acids is 1. The number of fused-ring (bicyclic) bond motifs is 1. The number of aliphatic carboxylic acids is 1. The smallest absolute Gasteiger partial charge is 0.303 e. The standard InChI is InChI=1S/C30H36F2N2O6/c1-5-40-21-6-7-22-18(13-21)8-9-34(29(38)19-10-17(11-19)12-25(35)36)27(22)28(37)33-20-14-23(31)26(24(32)15-20)30(2,3)16-39-4/h6-7,13-15,17,19,27H,5,8-12,16H2,1-4H3,(H,33,37)(H,35,36)/t17-,19+,27?. The Kier molecular flexibility index (Phi) is 8.77. The molecule has 1 unspecified atom stereocenters. The lowest BCUT2D eigenvalue weighted by molar-refractivity contribution is -0.149. The lowest BCUT2D eigenvalue weighted by Crippen LogP contribution is -2.50. The van der Waals surface area contributed by atoms with Crippen LogP contribution in [0.2, 0.25) is 0 Å². The summed E-state index contributed by atoms with van der Waals surface area (Å²) >= 11 is 0. The third-order valence-corrected chi connectivity index (χ3v) is 7.73. The summed E-state index contributed by atoms with van der Waals surface area (Å²) < 4.78 is 40.9. The van der Waals surface area contributed by atoms with Gasteiger partial charge in [-0.2, -0.15) is 0 Å². The molecule has 10 heteroatoms. The van der Waals surface area contributed by atoms with E-state index in [4.69, 9.17) is 14.6 Å². The Bertz CT molecular complexity index is 1270. The number of hydrogen-bond acceptors (Lipinski definition) is 5. The van der Waals surface area contributed by atoms with Crippen LogP contribution < -0.4 is 10.1 Å². The van der Waals surface area contributed by atoms with E-state index < -0.39 is 35.0 Å². The zero-order valence-electron chi connectivity index (χ0n) is 23.3. The van der Waals surface area contributed by atoms with Crippen molar-refractivity contribution >= 4 is 23.5 Å². The van der Waals surface area contributed by atoms with E-state index in [-0.39, 0.29) is 48.6 Å². The highest BCUT2D eigenvalue weighted by atomic mass is 19.1. The molecule has 2 N–H and O–H groups in total. The molecule has 0 saturated heterocycles. The number of hydrogen-bond donors (Lipinski definition) is 2. The van der Waals surface area contributed by atoms with Gasteiger partial charge in [0.1, 0.15) is 23.4 Å². The molecule has 216 valence electrons. The van der Waals surface area contributed by atoms with E-state index in [0.717, 1.165) is 17.7 Å². The molecule has 0 aromatic heterocycles. The Hall–Kier alpha value is -3.53. The van der Waals surface area contributed by atoms with Crippen LogP contribution in [0.4, 0.5) is 14.5 Å². The summed E-state index contributed by atoms with van der Waals surface area (Å²) in [6, 6.07) is 6.44. The molecule has 1 heterocycles. The van der Waals surface area contributed by atoms with Crippen molar-refractivity contribution in [1.29, 1.82) is 0 Å². The van der Waals surface area contributed by atoms with Crippen molar-refractivity contribution in [2.45, 2.75) is 57.9 Å². The van der Waals surface area contributed by atoms with Gasteiger partial charge in [0.15, 0.2) is 0 Å². The number of benzene rings is 2. The first-order chi connectivity index (χ1) is 18.9. The van der Waals surface area contributed by atoms with Gasteiger partial charge in [0.25, 0.3) is 5.91 Å². The SMILES string of the molecule is CCOc1ccc2c(c1)CCN(C(=O)[C@H]1C[C@@H](CC(=O)O)C1)C2C(=O)Nc1cc(F)c(C(C)(C)COC)c(F)c1. The molecule has 0 bridgehead atoms. The highest BCUT2D eigenvalue weighted by Gasteiger charge is 2.43. The Morgan fingerprint density at radius 1 is 1.12 bits per heavy atom. The number of ether oxygens (including phenoxy) is 2. The molecule has 1 aliphatic carbocycles. The average molecular weight is 559 g/mol. The molecule has 1 atom stereocenters. The highest BCUT2D eigenvalue weighted by molar-refractivity contribution is 5.99. The van der Waals surface area contributed by atoms with Crippen LogP contribution >= 0.6 is 0 Å². The lowest BCUT2D eigenvalue weighted by Gasteiger charge is -2.42. The number of carboxylic acid groups (broad SMARTS) is 1. The van der Waals surface area contributed by atoms with E-state index in [1.165, 1.54) is 12.0 Å². The number of nitrogens with zero attached hydrogens (tertiary/aromatic N) is 1. The van der Waals surface area contributed by atoms with Gasteiger partial charge in [-0.05, 0) is 67.5 Å². The van der Waals surface area contributed by atoms with Crippen LogP contribution in [0.25, 0.3) is 0 Å². The van der Waals surface area contributed by atoms with E-state index in [1.54, 1.807) is 26.0 Å². The van der Waals surface area contributed by atoms with Crippen LogP contribution in [0.5, 0.6) is 5.75 Å². The monoisotopic (exact) mass is 558 g/mol. The Balaban J connectivity index is 1.62. The molecule has 0 radical (unpaired) electrons. The summed E-state index contributed by atoms with van der Waals surface area (Å²) in [5, 5.41) is 11.7. The Morgan fingerprint density at radius 2 is 1.80 bits per heavy atom. The molecule has 8 nitrogen and oxygen atoms in total. The predicted octanol–water partition coefficient (Wildman–Crippen LogP) is 4.85. The zero-order chi connectivity index (χ0) is 29.2. The summed E-state index contributed by atoms with van der Waals surface area (Å²) in [4.78, 5) is 39.8. The van der Waals surface area contributed by atoms with Gasteiger partial charge in [0.2, 0.25) is 5.91 Å². The number of halogens is 2. The molecule has 4 rings (SSSR count). The molecule has 0 spiro atoms. The second kappa shape index (κ2) is 11.9. The van der Waals surface area contributed by atoms with Crippen molar-refractivity contribution in [3.05, 3.63) is 58.7 Å². The molecule has 1 fully saturated rings. The number of anilines is 1. The van der Waals surface area contributed by atoms with Crippen molar-refractivity contribution in [3.63, 3.8) is 0 Å². The first kappa shape index (κ1) is 29.5. The molecular formula is C30H36F2N2O6. The number of rotatable bonds is 10.